The van der Waals surface area contributed by atoms with Crippen LogP contribution in [0.25, 0.3) is 0 Å². The maximum Gasteiger partial charge on any atom is 0.269 e. The molecule has 0 unspecified atom stereocenters. The van der Waals surface area contributed by atoms with E-state index in [2.05, 4.69) is 6.58 Å². The fourth-order valence-electron chi connectivity index (χ4n) is 4.59. The van der Waals surface area contributed by atoms with E-state index >= 15 is 0 Å². The molecular formula is C28H36N2O8. The number of aliphatic hydroxyl groups is 1. The summed E-state index contributed by atoms with van der Waals surface area (Å²) in [5, 5.41) is 32.0. The first kappa shape index (κ1) is 29.1. The van der Waals surface area contributed by atoms with Gasteiger partial charge in [0.05, 0.1) is 22.6 Å². The molecule has 4 atom stereocenters. The predicted molar refractivity (Wildman–Crippen MR) is 143 cm³/mol. The number of nitro groups is 2. The van der Waals surface area contributed by atoms with Crippen LogP contribution in [0.5, 0.6) is 11.5 Å². The quantitative estimate of drug-likeness (QED) is 0.112. The molecule has 2 aromatic rings. The summed E-state index contributed by atoms with van der Waals surface area (Å²) in [5.41, 5.74) is -0.107. The molecule has 0 spiro atoms. The van der Waals surface area contributed by atoms with Crippen molar-refractivity contribution in [2.24, 2.45) is 0 Å². The third-order valence-electron chi connectivity index (χ3n) is 6.62. The van der Waals surface area contributed by atoms with Gasteiger partial charge < -0.3 is 19.3 Å². The minimum atomic E-state index is -0.688. The molecule has 10 heteroatoms. The van der Waals surface area contributed by atoms with Crippen molar-refractivity contribution in [2.45, 2.75) is 82.2 Å². The van der Waals surface area contributed by atoms with Crippen molar-refractivity contribution in [1.29, 1.82) is 0 Å². The predicted octanol–water partition coefficient (Wildman–Crippen LogP) is 6.15. The highest BCUT2D eigenvalue weighted by atomic mass is 16.6. The Kier molecular flexibility index (Phi) is 11.5. The zero-order chi connectivity index (χ0) is 27.3. The highest BCUT2D eigenvalue weighted by molar-refractivity contribution is 5.37. The van der Waals surface area contributed by atoms with Gasteiger partial charge in [-0.05, 0) is 43.5 Å². The largest absolute Gasteiger partial charge is 0.484 e. The van der Waals surface area contributed by atoms with Crippen LogP contribution in [0.3, 0.4) is 0 Å². The van der Waals surface area contributed by atoms with Crippen LogP contribution in [0.15, 0.2) is 61.2 Å². The van der Waals surface area contributed by atoms with Gasteiger partial charge in [-0.15, -0.1) is 6.58 Å². The van der Waals surface area contributed by atoms with Gasteiger partial charge in [-0.1, -0.05) is 44.6 Å². The Hall–Kier alpha value is -3.50. The Morgan fingerprint density at radius 2 is 1.21 bits per heavy atom. The number of non-ortho nitro benzene ring substituents is 2. The molecule has 0 amide bonds. The average Bonchev–Trinajstić information content (AvgIpc) is 3.24. The first-order chi connectivity index (χ1) is 18.4. The van der Waals surface area contributed by atoms with Gasteiger partial charge in [0, 0.05) is 24.3 Å². The van der Waals surface area contributed by atoms with Crippen molar-refractivity contribution < 1.29 is 29.2 Å². The third-order valence-corrected chi connectivity index (χ3v) is 6.62. The van der Waals surface area contributed by atoms with Gasteiger partial charge in [-0.2, -0.15) is 0 Å². The minimum Gasteiger partial charge on any atom is -0.484 e. The van der Waals surface area contributed by atoms with Gasteiger partial charge in [-0.3, -0.25) is 20.2 Å². The van der Waals surface area contributed by atoms with Crippen LogP contribution in [0, 0.1) is 20.2 Å². The SMILES string of the molecule is C=CCCCCCCCCC[C@H]1O[C@H](CO)[C@@H](Oc2ccc([N+](=O)[O-])cc2)[C@@H]1Oc1ccc([N+](=O)[O-])cc1. The second-order valence-corrected chi connectivity index (χ2v) is 9.40. The Morgan fingerprint density at radius 3 is 1.66 bits per heavy atom. The molecule has 10 nitrogen and oxygen atoms in total. The highest BCUT2D eigenvalue weighted by Gasteiger charge is 2.47. The summed E-state index contributed by atoms with van der Waals surface area (Å²) in [7, 11) is 0. The van der Waals surface area contributed by atoms with Crippen LogP contribution < -0.4 is 9.47 Å². The second kappa shape index (κ2) is 15.0. The van der Waals surface area contributed by atoms with Gasteiger partial charge in [0.1, 0.15) is 17.6 Å². The summed E-state index contributed by atoms with van der Waals surface area (Å²) in [4.78, 5) is 21.0. The molecule has 0 radical (unpaired) electrons. The molecule has 2 aromatic carbocycles. The molecule has 3 rings (SSSR count). The second-order valence-electron chi connectivity index (χ2n) is 9.40. The van der Waals surface area contributed by atoms with Crippen LogP contribution in [0.1, 0.15) is 57.8 Å². The zero-order valence-corrected chi connectivity index (χ0v) is 21.5. The van der Waals surface area contributed by atoms with Crippen LogP contribution in [0.4, 0.5) is 11.4 Å². The van der Waals surface area contributed by atoms with Crippen molar-refractivity contribution in [3.05, 3.63) is 81.4 Å². The molecule has 206 valence electrons. The van der Waals surface area contributed by atoms with E-state index in [1.54, 1.807) is 0 Å². The number of nitro benzene ring substituents is 2. The summed E-state index contributed by atoms with van der Waals surface area (Å²) in [6.45, 7) is 3.46. The maximum atomic E-state index is 11.0. The maximum absolute atomic E-state index is 11.0. The van der Waals surface area contributed by atoms with Gasteiger partial charge in [0.15, 0.2) is 12.2 Å². The zero-order valence-electron chi connectivity index (χ0n) is 21.5. The fraction of sp³-hybridized carbons (Fsp3) is 0.500. The topological polar surface area (TPSA) is 134 Å². The van der Waals surface area contributed by atoms with Crippen LogP contribution in [0.2, 0.25) is 0 Å². The van der Waals surface area contributed by atoms with Crippen LogP contribution >= 0.6 is 0 Å². The molecule has 0 aromatic heterocycles. The van der Waals surface area contributed by atoms with E-state index in [1.807, 2.05) is 6.08 Å². The molecule has 0 saturated carbocycles. The number of allylic oxidation sites excluding steroid dienone is 1. The van der Waals surface area contributed by atoms with Gasteiger partial charge in [-0.25, -0.2) is 0 Å². The summed E-state index contributed by atoms with van der Waals surface area (Å²) in [6.07, 6.45) is 9.26. The Balaban J connectivity index is 1.66. The van der Waals surface area contributed by atoms with Crippen molar-refractivity contribution in [3.8, 4) is 11.5 Å². The third kappa shape index (κ3) is 8.53. The number of hydrogen-bond acceptors (Lipinski definition) is 8. The van der Waals surface area contributed by atoms with Crippen LogP contribution in [-0.2, 0) is 4.74 Å². The lowest BCUT2D eigenvalue weighted by molar-refractivity contribution is -0.385. The lowest BCUT2D eigenvalue weighted by atomic mass is 10.0. The number of nitrogens with zero attached hydrogens (tertiary/aromatic N) is 2. The molecule has 38 heavy (non-hydrogen) atoms. The molecular weight excluding hydrogens is 492 g/mol. The van der Waals surface area contributed by atoms with E-state index < -0.39 is 28.2 Å². The van der Waals surface area contributed by atoms with Gasteiger partial charge >= 0.3 is 0 Å². The number of unbranched alkanes of at least 4 members (excludes halogenated alkanes) is 7. The highest BCUT2D eigenvalue weighted by Crippen LogP contribution is 2.33. The van der Waals surface area contributed by atoms with Crippen molar-refractivity contribution in [3.63, 3.8) is 0 Å². The summed E-state index contributed by atoms with van der Waals surface area (Å²) >= 11 is 0. The number of ether oxygens (including phenoxy) is 3. The fourth-order valence-corrected chi connectivity index (χ4v) is 4.59. The van der Waals surface area contributed by atoms with E-state index in [9.17, 15) is 25.3 Å². The average molecular weight is 529 g/mol. The smallest absolute Gasteiger partial charge is 0.269 e. The van der Waals surface area contributed by atoms with E-state index in [-0.39, 0.29) is 24.1 Å². The standard InChI is InChI=1S/C28H36N2O8/c1-2-3-4-5-6-7-8-9-10-11-25-27(36-23-16-12-21(13-17-23)29(32)33)28(26(20-31)38-25)37-24-18-14-22(15-19-24)30(34)35/h2,12-19,25-28,31H,1,3-11,20H2/t25-,26-,27-,28-/m1/s1. The monoisotopic (exact) mass is 528 g/mol. The van der Waals surface area contributed by atoms with Gasteiger partial charge in [0.2, 0.25) is 0 Å². The van der Waals surface area contributed by atoms with E-state index in [0.717, 1.165) is 25.7 Å². The summed E-state index contributed by atoms with van der Waals surface area (Å²) < 4.78 is 18.5. The van der Waals surface area contributed by atoms with Crippen LogP contribution in [-0.4, -0.2) is 46.0 Å². The van der Waals surface area contributed by atoms with E-state index in [4.69, 9.17) is 14.2 Å². The first-order valence-electron chi connectivity index (χ1n) is 13.1. The van der Waals surface area contributed by atoms with E-state index in [1.165, 1.54) is 74.2 Å². The molecule has 1 fully saturated rings. The van der Waals surface area contributed by atoms with E-state index in [0.29, 0.717) is 17.9 Å². The first-order valence-corrected chi connectivity index (χ1v) is 13.1. The lowest BCUT2D eigenvalue weighted by Crippen LogP contribution is -2.43. The number of aliphatic hydroxyl groups excluding tert-OH is 1. The Bertz CT molecular complexity index is 1030. The number of hydrogen-bond donors (Lipinski definition) is 1. The molecule has 1 saturated heterocycles. The molecule has 1 aliphatic heterocycles. The summed E-state index contributed by atoms with van der Waals surface area (Å²) in [6, 6.07) is 11.5. The molecule has 1 heterocycles. The number of rotatable bonds is 17. The van der Waals surface area contributed by atoms with Crippen molar-refractivity contribution in [2.75, 3.05) is 6.61 Å². The van der Waals surface area contributed by atoms with Gasteiger partial charge in [0.25, 0.3) is 11.4 Å². The minimum absolute atomic E-state index is 0.0482. The molecule has 0 bridgehead atoms. The summed E-state index contributed by atoms with van der Waals surface area (Å²) in [5.74, 6) is 0.807. The lowest BCUT2D eigenvalue weighted by Gasteiger charge is -2.26. The van der Waals surface area contributed by atoms with Crippen molar-refractivity contribution >= 4 is 11.4 Å². The van der Waals surface area contributed by atoms with Crippen molar-refractivity contribution in [1.82, 2.24) is 0 Å². The normalized spacial score (nSPS) is 20.7. The Morgan fingerprint density at radius 1 is 0.763 bits per heavy atom. The molecule has 0 aliphatic carbocycles. The molecule has 1 N–H and O–H groups in total. The number of benzene rings is 2. The Labute approximate surface area is 222 Å². The molecule has 1 aliphatic rings.